The van der Waals surface area contributed by atoms with Crippen LogP contribution in [0.2, 0.25) is 5.02 Å². The number of thioether (sulfide) groups is 1. The summed E-state index contributed by atoms with van der Waals surface area (Å²) in [6.45, 7) is 8.99. The van der Waals surface area contributed by atoms with Crippen molar-refractivity contribution >= 4 is 35.2 Å². The number of halogens is 1. The molecule has 2 amide bonds. The molecule has 0 saturated carbocycles. The molecule has 2 rings (SSSR count). The summed E-state index contributed by atoms with van der Waals surface area (Å²) < 4.78 is 0. The standard InChI is InChI=1S/C25H33ClN2O2S/c1-18(2)16-27-25(30)20(4)28(17-21-8-5-7-19(3)15-21)24(29)9-6-14-31-23-12-10-22(26)11-13-23/h5,7-8,10-13,15,18,20H,6,9,14,16-17H2,1-4H3,(H,27,30). The van der Waals surface area contributed by atoms with E-state index in [1.165, 1.54) is 0 Å². The Bertz CT molecular complexity index is 855. The van der Waals surface area contributed by atoms with Crippen LogP contribution >= 0.6 is 23.4 Å². The van der Waals surface area contributed by atoms with Crippen LogP contribution in [0.5, 0.6) is 0 Å². The highest BCUT2D eigenvalue weighted by molar-refractivity contribution is 7.99. The Kier molecular flexibility index (Phi) is 10.4. The minimum Gasteiger partial charge on any atom is -0.354 e. The molecule has 1 N–H and O–H groups in total. The second-order valence-corrected chi connectivity index (χ2v) is 9.84. The van der Waals surface area contributed by atoms with Crippen LogP contribution in [-0.4, -0.2) is 35.1 Å². The van der Waals surface area contributed by atoms with E-state index in [0.29, 0.717) is 25.4 Å². The summed E-state index contributed by atoms with van der Waals surface area (Å²) in [6, 6.07) is 15.3. The van der Waals surface area contributed by atoms with Gasteiger partial charge in [-0.2, -0.15) is 0 Å². The molecule has 168 valence electrons. The van der Waals surface area contributed by atoms with Crippen molar-refractivity contribution in [3.8, 4) is 0 Å². The van der Waals surface area contributed by atoms with Gasteiger partial charge in [-0.1, -0.05) is 55.3 Å². The summed E-state index contributed by atoms with van der Waals surface area (Å²) in [5, 5.41) is 3.68. The molecule has 0 heterocycles. The number of rotatable bonds is 11. The van der Waals surface area contributed by atoms with E-state index in [-0.39, 0.29) is 11.8 Å². The summed E-state index contributed by atoms with van der Waals surface area (Å²) in [5.41, 5.74) is 2.17. The first kappa shape index (κ1) is 25.3. The molecule has 0 fully saturated rings. The lowest BCUT2D eigenvalue weighted by molar-refractivity contribution is -0.140. The van der Waals surface area contributed by atoms with E-state index < -0.39 is 6.04 Å². The molecule has 0 bridgehead atoms. The van der Waals surface area contributed by atoms with Gasteiger partial charge in [0.2, 0.25) is 11.8 Å². The van der Waals surface area contributed by atoms with Crippen molar-refractivity contribution < 1.29 is 9.59 Å². The van der Waals surface area contributed by atoms with Crippen molar-refractivity contribution in [1.29, 1.82) is 0 Å². The Hall–Kier alpha value is -1.98. The van der Waals surface area contributed by atoms with Gasteiger partial charge in [0, 0.05) is 29.4 Å². The van der Waals surface area contributed by atoms with Crippen LogP contribution in [0, 0.1) is 12.8 Å². The molecule has 0 spiro atoms. The van der Waals surface area contributed by atoms with Gasteiger partial charge in [0.25, 0.3) is 0 Å². The fourth-order valence-corrected chi connectivity index (χ4v) is 4.11. The topological polar surface area (TPSA) is 49.4 Å². The summed E-state index contributed by atoms with van der Waals surface area (Å²) in [5.74, 6) is 1.09. The smallest absolute Gasteiger partial charge is 0.242 e. The van der Waals surface area contributed by atoms with Crippen molar-refractivity contribution in [2.24, 2.45) is 5.92 Å². The van der Waals surface area contributed by atoms with Crippen LogP contribution in [0.3, 0.4) is 0 Å². The Balaban J connectivity index is 1.98. The molecule has 1 unspecified atom stereocenters. The molecule has 0 aliphatic rings. The zero-order chi connectivity index (χ0) is 22.8. The number of amides is 2. The number of nitrogens with one attached hydrogen (secondary N) is 1. The molecule has 31 heavy (non-hydrogen) atoms. The predicted molar refractivity (Wildman–Crippen MR) is 130 cm³/mol. The number of carbonyl (C=O) groups is 2. The number of aryl methyl sites for hydroxylation is 1. The Labute approximate surface area is 195 Å². The number of carbonyl (C=O) groups excluding carboxylic acids is 2. The van der Waals surface area contributed by atoms with Crippen LogP contribution < -0.4 is 5.32 Å². The number of hydrogen-bond acceptors (Lipinski definition) is 3. The van der Waals surface area contributed by atoms with E-state index in [1.807, 2.05) is 56.3 Å². The number of hydrogen-bond donors (Lipinski definition) is 1. The van der Waals surface area contributed by atoms with E-state index in [2.05, 4.69) is 25.2 Å². The minimum absolute atomic E-state index is 0.00501. The van der Waals surface area contributed by atoms with Crippen LogP contribution in [0.15, 0.2) is 53.4 Å². The highest BCUT2D eigenvalue weighted by atomic mass is 35.5. The fraction of sp³-hybridized carbons (Fsp3) is 0.440. The Morgan fingerprint density at radius 3 is 2.45 bits per heavy atom. The first-order valence-corrected chi connectivity index (χ1v) is 12.1. The molecule has 0 aliphatic heterocycles. The van der Waals surface area contributed by atoms with Gasteiger partial charge >= 0.3 is 0 Å². The van der Waals surface area contributed by atoms with E-state index in [4.69, 9.17) is 11.6 Å². The minimum atomic E-state index is -0.518. The summed E-state index contributed by atoms with van der Waals surface area (Å²) in [6.07, 6.45) is 1.16. The lowest BCUT2D eigenvalue weighted by atomic mass is 10.1. The second kappa shape index (κ2) is 12.8. The Morgan fingerprint density at radius 1 is 1.10 bits per heavy atom. The van der Waals surface area contributed by atoms with Crippen LogP contribution in [-0.2, 0) is 16.1 Å². The zero-order valence-electron chi connectivity index (χ0n) is 18.9. The molecular formula is C25H33ClN2O2S. The first-order valence-electron chi connectivity index (χ1n) is 10.8. The molecule has 0 aromatic heterocycles. The molecule has 2 aromatic rings. The van der Waals surface area contributed by atoms with Gasteiger partial charge in [0.1, 0.15) is 6.04 Å². The average Bonchev–Trinajstić information content (AvgIpc) is 2.74. The van der Waals surface area contributed by atoms with Crippen LogP contribution in [0.25, 0.3) is 0 Å². The highest BCUT2D eigenvalue weighted by Crippen LogP contribution is 2.22. The van der Waals surface area contributed by atoms with E-state index >= 15 is 0 Å². The molecule has 1 atom stereocenters. The molecule has 2 aromatic carbocycles. The summed E-state index contributed by atoms with van der Waals surface area (Å²) >= 11 is 7.63. The number of benzene rings is 2. The van der Waals surface area contributed by atoms with Gasteiger partial charge in [-0.05, 0) is 61.8 Å². The van der Waals surface area contributed by atoms with Crippen molar-refractivity contribution in [3.05, 3.63) is 64.7 Å². The third-order valence-electron chi connectivity index (χ3n) is 4.90. The lowest BCUT2D eigenvalue weighted by Crippen LogP contribution is -2.48. The lowest BCUT2D eigenvalue weighted by Gasteiger charge is -2.29. The third kappa shape index (κ3) is 8.96. The monoisotopic (exact) mass is 460 g/mol. The molecule has 6 heteroatoms. The van der Waals surface area contributed by atoms with Gasteiger partial charge in [-0.3, -0.25) is 9.59 Å². The second-order valence-electron chi connectivity index (χ2n) is 8.23. The summed E-state index contributed by atoms with van der Waals surface area (Å²) in [7, 11) is 0. The van der Waals surface area contributed by atoms with Crippen molar-refractivity contribution in [3.63, 3.8) is 0 Å². The molecule has 0 radical (unpaired) electrons. The van der Waals surface area contributed by atoms with Gasteiger partial charge in [0.05, 0.1) is 0 Å². The van der Waals surface area contributed by atoms with Crippen LogP contribution in [0.4, 0.5) is 0 Å². The Morgan fingerprint density at radius 2 is 1.81 bits per heavy atom. The fourth-order valence-electron chi connectivity index (χ4n) is 3.13. The van der Waals surface area contributed by atoms with Crippen LogP contribution in [0.1, 0.15) is 44.7 Å². The number of nitrogens with zero attached hydrogens (tertiary/aromatic N) is 1. The quantitative estimate of drug-likeness (QED) is 0.345. The maximum Gasteiger partial charge on any atom is 0.242 e. The third-order valence-corrected chi connectivity index (χ3v) is 6.25. The normalized spacial score (nSPS) is 11.9. The molecule has 0 saturated heterocycles. The van der Waals surface area contributed by atoms with Crippen molar-refractivity contribution in [2.45, 2.75) is 58.0 Å². The van der Waals surface area contributed by atoms with Crippen molar-refractivity contribution in [2.75, 3.05) is 12.3 Å². The first-order chi connectivity index (χ1) is 14.8. The summed E-state index contributed by atoms with van der Waals surface area (Å²) in [4.78, 5) is 28.6. The van der Waals surface area contributed by atoms with Crippen molar-refractivity contribution in [1.82, 2.24) is 10.2 Å². The van der Waals surface area contributed by atoms with E-state index in [1.54, 1.807) is 16.7 Å². The van der Waals surface area contributed by atoms with Gasteiger partial charge in [0.15, 0.2) is 0 Å². The maximum atomic E-state index is 13.1. The SMILES string of the molecule is Cc1cccc(CN(C(=O)CCCSc2ccc(Cl)cc2)C(C)C(=O)NCC(C)C)c1. The van der Waals surface area contributed by atoms with Gasteiger partial charge in [-0.25, -0.2) is 0 Å². The molecular weight excluding hydrogens is 428 g/mol. The van der Waals surface area contributed by atoms with E-state index in [9.17, 15) is 9.59 Å². The van der Waals surface area contributed by atoms with Gasteiger partial charge < -0.3 is 10.2 Å². The molecule has 0 aliphatic carbocycles. The van der Waals surface area contributed by atoms with E-state index in [0.717, 1.165) is 33.2 Å². The highest BCUT2D eigenvalue weighted by Gasteiger charge is 2.25. The zero-order valence-corrected chi connectivity index (χ0v) is 20.4. The maximum absolute atomic E-state index is 13.1. The average molecular weight is 461 g/mol. The van der Waals surface area contributed by atoms with Gasteiger partial charge in [-0.15, -0.1) is 11.8 Å². The predicted octanol–water partition coefficient (Wildman–Crippen LogP) is 5.71. The largest absolute Gasteiger partial charge is 0.354 e. The molecule has 4 nitrogen and oxygen atoms in total.